The number of benzene rings is 1. The van der Waals surface area contributed by atoms with E-state index in [2.05, 4.69) is 45.1 Å². The minimum atomic E-state index is 0.113. The third-order valence-corrected chi connectivity index (χ3v) is 2.99. The van der Waals surface area contributed by atoms with Gasteiger partial charge in [-0.05, 0) is 49.1 Å². The van der Waals surface area contributed by atoms with Gasteiger partial charge >= 0.3 is 0 Å². The van der Waals surface area contributed by atoms with Crippen molar-refractivity contribution >= 4 is 5.69 Å². The quantitative estimate of drug-likeness (QED) is 0.826. The van der Waals surface area contributed by atoms with Crippen LogP contribution in [0.25, 0.3) is 0 Å². The molecule has 3 N–H and O–H groups in total. The highest BCUT2D eigenvalue weighted by atomic mass is 16.5. The number of methoxy groups -OCH3 is 1. The van der Waals surface area contributed by atoms with Gasteiger partial charge < -0.3 is 15.8 Å². The lowest BCUT2D eigenvalue weighted by Gasteiger charge is -2.24. The van der Waals surface area contributed by atoms with E-state index in [0.717, 1.165) is 29.1 Å². The summed E-state index contributed by atoms with van der Waals surface area (Å²) in [5.41, 5.74) is 9.26. The fourth-order valence-corrected chi connectivity index (χ4v) is 1.79. The summed E-state index contributed by atoms with van der Waals surface area (Å²) in [6, 6.07) is 4.22. The Balaban J connectivity index is 2.80. The van der Waals surface area contributed by atoms with E-state index in [0.29, 0.717) is 6.54 Å². The second kappa shape index (κ2) is 5.41. The Kier molecular flexibility index (Phi) is 4.40. The Morgan fingerprint density at radius 3 is 2.18 bits per heavy atom. The molecule has 1 aromatic rings. The van der Waals surface area contributed by atoms with Crippen molar-refractivity contribution in [2.75, 3.05) is 25.5 Å². The van der Waals surface area contributed by atoms with Gasteiger partial charge in [-0.2, -0.15) is 0 Å². The molecule has 0 unspecified atom stereocenters. The third-order valence-electron chi connectivity index (χ3n) is 2.99. The van der Waals surface area contributed by atoms with Gasteiger partial charge in [0.2, 0.25) is 0 Å². The van der Waals surface area contributed by atoms with Crippen molar-refractivity contribution in [1.82, 2.24) is 0 Å². The number of nitrogens with two attached hydrogens (primary N) is 1. The van der Waals surface area contributed by atoms with Crippen LogP contribution in [0.5, 0.6) is 5.75 Å². The molecule has 0 aromatic heterocycles. The first-order chi connectivity index (χ1) is 7.89. The number of ether oxygens (including phenoxy) is 1. The Labute approximate surface area is 104 Å². The van der Waals surface area contributed by atoms with Crippen LogP contribution in [0.3, 0.4) is 0 Å². The van der Waals surface area contributed by atoms with Crippen LogP contribution < -0.4 is 15.8 Å². The van der Waals surface area contributed by atoms with Crippen LogP contribution in [0, 0.1) is 19.3 Å². The molecule has 0 aliphatic heterocycles. The van der Waals surface area contributed by atoms with Gasteiger partial charge in [-0.3, -0.25) is 0 Å². The van der Waals surface area contributed by atoms with Gasteiger partial charge in [0.1, 0.15) is 5.75 Å². The SMILES string of the molecule is COc1c(C)cc(NCC(C)(C)CN)cc1C. The first kappa shape index (κ1) is 13.8. The number of rotatable bonds is 5. The Bertz CT molecular complexity index is 363. The van der Waals surface area contributed by atoms with Crippen molar-refractivity contribution in [2.24, 2.45) is 11.1 Å². The van der Waals surface area contributed by atoms with Crippen LogP contribution in [0.1, 0.15) is 25.0 Å². The van der Waals surface area contributed by atoms with Gasteiger partial charge in [0.15, 0.2) is 0 Å². The molecule has 0 bridgehead atoms. The average Bonchev–Trinajstić information content (AvgIpc) is 2.26. The molecule has 0 aliphatic rings. The van der Waals surface area contributed by atoms with E-state index in [4.69, 9.17) is 10.5 Å². The molecule has 0 atom stereocenters. The lowest BCUT2D eigenvalue weighted by atomic mass is 9.94. The predicted molar refractivity (Wildman–Crippen MR) is 73.8 cm³/mol. The smallest absolute Gasteiger partial charge is 0.124 e. The molecular weight excluding hydrogens is 212 g/mol. The highest BCUT2D eigenvalue weighted by Gasteiger charge is 2.15. The summed E-state index contributed by atoms with van der Waals surface area (Å²) in [4.78, 5) is 0. The molecule has 0 radical (unpaired) electrons. The highest BCUT2D eigenvalue weighted by molar-refractivity contribution is 5.55. The molecule has 0 aliphatic carbocycles. The molecule has 3 heteroatoms. The maximum atomic E-state index is 5.72. The average molecular weight is 236 g/mol. The molecule has 0 spiro atoms. The number of anilines is 1. The van der Waals surface area contributed by atoms with Crippen molar-refractivity contribution < 1.29 is 4.74 Å². The molecule has 1 rings (SSSR count). The fraction of sp³-hybridized carbons (Fsp3) is 0.571. The number of hydrogen-bond donors (Lipinski definition) is 2. The zero-order chi connectivity index (χ0) is 13.1. The van der Waals surface area contributed by atoms with E-state index < -0.39 is 0 Å². The minimum absolute atomic E-state index is 0.113. The molecule has 3 nitrogen and oxygen atoms in total. The first-order valence-electron chi connectivity index (χ1n) is 5.99. The van der Waals surface area contributed by atoms with E-state index >= 15 is 0 Å². The van der Waals surface area contributed by atoms with Gasteiger partial charge in [0.25, 0.3) is 0 Å². The summed E-state index contributed by atoms with van der Waals surface area (Å²) >= 11 is 0. The normalized spacial score (nSPS) is 11.4. The maximum Gasteiger partial charge on any atom is 0.124 e. The van der Waals surface area contributed by atoms with Gasteiger partial charge in [-0.25, -0.2) is 0 Å². The molecule has 0 saturated heterocycles. The Hall–Kier alpha value is -1.22. The van der Waals surface area contributed by atoms with Crippen LogP contribution >= 0.6 is 0 Å². The van der Waals surface area contributed by atoms with E-state index in [9.17, 15) is 0 Å². The highest BCUT2D eigenvalue weighted by Crippen LogP contribution is 2.27. The van der Waals surface area contributed by atoms with Gasteiger partial charge in [-0.1, -0.05) is 13.8 Å². The predicted octanol–water partition coefficient (Wildman–Crippen LogP) is 2.71. The van der Waals surface area contributed by atoms with Gasteiger partial charge in [0, 0.05) is 12.2 Å². The minimum Gasteiger partial charge on any atom is -0.496 e. The fourth-order valence-electron chi connectivity index (χ4n) is 1.79. The molecule has 0 amide bonds. The summed E-state index contributed by atoms with van der Waals surface area (Å²) in [5.74, 6) is 0.966. The summed E-state index contributed by atoms with van der Waals surface area (Å²) in [5, 5.41) is 3.43. The van der Waals surface area contributed by atoms with E-state index in [1.54, 1.807) is 7.11 Å². The standard InChI is InChI=1S/C14H24N2O/c1-10-6-12(7-11(2)13(10)17-5)16-9-14(3,4)8-15/h6-7,16H,8-9,15H2,1-5H3. The molecule has 0 saturated carbocycles. The molecule has 0 fully saturated rings. The Morgan fingerprint density at radius 2 is 1.76 bits per heavy atom. The van der Waals surface area contributed by atoms with E-state index in [1.165, 1.54) is 0 Å². The lowest BCUT2D eigenvalue weighted by molar-refractivity contribution is 0.404. The molecule has 96 valence electrons. The number of nitrogens with one attached hydrogen (secondary N) is 1. The third kappa shape index (κ3) is 3.63. The topological polar surface area (TPSA) is 47.3 Å². The van der Waals surface area contributed by atoms with Gasteiger partial charge in [-0.15, -0.1) is 0 Å². The number of aryl methyl sites for hydroxylation is 2. The summed E-state index contributed by atoms with van der Waals surface area (Å²) in [6.45, 7) is 9.98. The van der Waals surface area contributed by atoms with Crippen molar-refractivity contribution in [3.63, 3.8) is 0 Å². The van der Waals surface area contributed by atoms with E-state index in [1.807, 2.05) is 0 Å². The van der Waals surface area contributed by atoms with Crippen LogP contribution in [-0.4, -0.2) is 20.2 Å². The van der Waals surface area contributed by atoms with Gasteiger partial charge in [0.05, 0.1) is 7.11 Å². The van der Waals surface area contributed by atoms with Crippen molar-refractivity contribution in [3.8, 4) is 5.75 Å². The van der Waals surface area contributed by atoms with Crippen molar-refractivity contribution in [2.45, 2.75) is 27.7 Å². The zero-order valence-corrected chi connectivity index (χ0v) is 11.6. The molecule has 1 aromatic carbocycles. The van der Waals surface area contributed by atoms with Crippen LogP contribution in [0.2, 0.25) is 0 Å². The lowest BCUT2D eigenvalue weighted by Crippen LogP contribution is -2.31. The molecule has 0 heterocycles. The van der Waals surface area contributed by atoms with Crippen molar-refractivity contribution in [3.05, 3.63) is 23.3 Å². The van der Waals surface area contributed by atoms with E-state index in [-0.39, 0.29) is 5.41 Å². The summed E-state index contributed by atoms with van der Waals surface area (Å²) in [6.07, 6.45) is 0. The van der Waals surface area contributed by atoms with Crippen LogP contribution in [-0.2, 0) is 0 Å². The summed E-state index contributed by atoms with van der Waals surface area (Å²) in [7, 11) is 1.71. The molecular formula is C14H24N2O. The molecule has 17 heavy (non-hydrogen) atoms. The monoisotopic (exact) mass is 236 g/mol. The largest absolute Gasteiger partial charge is 0.496 e. The second-order valence-electron chi connectivity index (χ2n) is 5.37. The Morgan fingerprint density at radius 1 is 1.24 bits per heavy atom. The van der Waals surface area contributed by atoms with Crippen LogP contribution in [0.4, 0.5) is 5.69 Å². The first-order valence-corrected chi connectivity index (χ1v) is 5.99. The zero-order valence-electron chi connectivity index (χ0n) is 11.6. The maximum absolute atomic E-state index is 5.72. The van der Waals surface area contributed by atoms with Crippen LogP contribution in [0.15, 0.2) is 12.1 Å². The summed E-state index contributed by atoms with van der Waals surface area (Å²) < 4.78 is 5.35. The van der Waals surface area contributed by atoms with Crippen molar-refractivity contribution in [1.29, 1.82) is 0 Å². The number of hydrogen-bond acceptors (Lipinski definition) is 3. The second-order valence-corrected chi connectivity index (χ2v) is 5.37.